The van der Waals surface area contributed by atoms with Crippen LogP contribution in [-0.4, -0.2) is 37.3 Å². The second-order valence-corrected chi connectivity index (χ2v) is 9.29. The van der Waals surface area contributed by atoms with Crippen LogP contribution in [0.5, 0.6) is 0 Å². The van der Waals surface area contributed by atoms with Crippen molar-refractivity contribution in [3.63, 3.8) is 0 Å². The van der Waals surface area contributed by atoms with E-state index in [-0.39, 0.29) is 23.5 Å². The van der Waals surface area contributed by atoms with Gasteiger partial charge in [-0.3, -0.25) is 4.79 Å². The molecule has 6 nitrogen and oxygen atoms in total. The normalized spacial score (nSPS) is 14.8. The van der Waals surface area contributed by atoms with Gasteiger partial charge in [0.1, 0.15) is 5.82 Å². The van der Waals surface area contributed by atoms with Crippen molar-refractivity contribution in [1.29, 1.82) is 0 Å². The Kier molecular flexibility index (Phi) is 6.77. The maximum atomic E-state index is 14.3. The molecule has 1 aromatic carbocycles. The van der Waals surface area contributed by atoms with Crippen molar-refractivity contribution in [2.24, 2.45) is 0 Å². The van der Waals surface area contributed by atoms with Crippen molar-refractivity contribution in [2.45, 2.75) is 63.6 Å². The molecule has 31 heavy (non-hydrogen) atoms. The second kappa shape index (κ2) is 9.53. The number of carbonyl (C=O) groups excluding carboxylic acids is 1. The zero-order valence-corrected chi connectivity index (χ0v) is 19.2. The van der Waals surface area contributed by atoms with Crippen LogP contribution in [-0.2, 0) is 11.2 Å². The predicted molar refractivity (Wildman–Crippen MR) is 120 cm³/mol. The zero-order valence-electron chi connectivity index (χ0n) is 17.6. The number of thioether (sulfide) groups is 1. The molecule has 0 aliphatic heterocycles. The van der Waals surface area contributed by atoms with Gasteiger partial charge in [-0.15, -0.1) is 5.10 Å². The van der Waals surface area contributed by atoms with Crippen LogP contribution in [0.3, 0.4) is 0 Å². The number of aryl methyl sites for hydroxylation is 2. The number of halogens is 2. The van der Waals surface area contributed by atoms with E-state index in [0.717, 1.165) is 29.8 Å². The molecule has 1 amide bonds. The highest BCUT2D eigenvalue weighted by Gasteiger charge is 2.19. The van der Waals surface area contributed by atoms with Crippen LogP contribution < -0.4 is 5.32 Å². The van der Waals surface area contributed by atoms with Crippen LogP contribution in [0.15, 0.2) is 23.4 Å². The predicted octanol–water partition coefficient (Wildman–Crippen LogP) is 4.67. The summed E-state index contributed by atoms with van der Waals surface area (Å²) in [4.78, 5) is 21.3. The van der Waals surface area contributed by atoms with Gasteiger partial charge in [0.25, 0.3) is 5.78 Å². The summed E-state index contributed by atoms with van der Waals surface area (Å²) in [7, 11) is 0. The molecule has 3 aromatic rings. The Morgan fingerprint density at radius 1 is 1.23 bits per heavy atom. The Morgan fingerprint density at radius 2 is 2.00 bits per heavy atom. The largest absolute Gasteiger partial charge is 0.353 e. The first-order chi connectivity index (χ1) is 14.9. The summed E-state index contributed by atoms with van der Waals surface area (Å²) in [6.45, 7) is 3.78. The SMILES string of the molecule is Cc1nc2nc(SCC(=O)NC3CCCCC3)nn2c(C)c1Cc1c(F)cccc1Cl. The molecule has 1 fully saturated rings. The van der Waals surface area contributed by atoms with E-state index in [4.69, 9.17) is 11.6 Å². The molecular weight excluding hydrogens is 437 g/mol. The first-order valence-electron chi connectivity index (χ1n) is 10.5. The number of hydrogen-bond acceptors (Lipinski definition) is 5. The molecule has 0 atom stereocenters. The molecule has 164 valence electrons. The quantitative estimate of drug-likeness (QED) is 0.540. The molecule has 0 unspecified atom stereocenters. The molecule has 1 N–H and O–H groups in total. The van der Waals surface area contributed by atoms with Crippen molar-refractivity contribution < 1.29 is 9.18 Å². The van der Waals surface area contributed by atoms with Gasteiger partial charge in [-0.25, -0.2) is 13.9 Å². The summed E-state index contributed by atoms with van der Waals surface area (Å²) in [5.41, 5.74) is 2.87. The summed E-state index contributed by atoms with van der Waals surface area (Å²) in [5, 5.41) is 8.51. The molecule has 0 bridgehead atoms. The monoisotopic (exact) mass is 461 g/mol. The third-order valence-electron chi connectivity index (χ3n) is 5.75. The number of benzene rings is 1. The Balaban J connectivity index is 1.50. The molecule has 4 rings (SSSR count). The highest BCUT2D eigenvalue weighted by atomic mass is 35.5. The summed E-state index contributed by atoms with van der Waals surface area (Å²) in [6, 6.07) is 4.96. The number of aromatic nitrogens is 4. The fourth-order valence-corrected chi connectivity index (χ4v) is 4.89. The molecule has 0 saturated heterocycles. The van der Waals surface area contributed by atoms with Gasteiger partial charge in [-0.2, -0.15) is 4.98 Å². The third kappa shape index (κ3) is 5.01. The number of hydrogen-bond donors (Lipinski definition) is 1. The van der Waals surface area contributed by atoms with Crippen molar-refractivity contribution in [3.05, 3.63) is 51.6 Å². The molecule has 1 aliphatic rings. The minimum atomic E-state index is -0.342. The van der Waals surface area contributed by atoms with E-state index in [9.17, 15) is 9.18 Å². The molecule has 0 radical (unpaired) electrons. The number of rotatable bonds is 6. The van der Waals surface area contributed by atoms with Gasteiger partial charge in [0.05, 0.1) is 5.75 Å². The average molecular weight is 462 g/mol. The Hall–Kier alpha value is -2.19. The van der Waals surface area contributed by atoms with Crippen LogP contribution in [0.25, 0.3) is 5.78 Å². The molecule has 2 heterocycles. The molecule has 1 saturated carbocycles. The summed E-state index contributed by atoms with van der Waals surface area (Å²) >= 11 is 7.51. The first kappa shape index (κ1) is 22.0. The van der Waals surface area contributed by atoms with Gasteiger partial charge in [0.15, 0.2) is 0 Å². The fourth-order valence-electron chi connectivity index (χ4n) is 4.03. The first-order valence-corrected chi connectivity index (χ1v) is 11.9. The van der Waals surface area contributed by atoms with E-state index >= 15 is 0 Å². The van der Waals surface area contributed by atoms with Gasteiger partial charge in [0.2, 0.25) is 11.1 Å². The van der Waals surface area contributed by atoms with Crippen LogP contribution in [0.4, 0.5) is 4.39 Å². The highest BCUT2D eigenvalue weighted by molar-refractivity contribution is 7.99. The van der Waals surface area contributed by atoms with Gasteiger partial charge >= 0.3 is 0 Å². The molecule has 0 spiro atoms. The maximum absolute atomic E-state index is 14.3. The second-order valence-electron chi connectivity index (χ2n) is 7.94. The fraction of sp³-hybridized carbons (Fsp3) is 0.455. The lowest BCUT2D eigenvalue weighted by Crippen LogP contribution is -2.37. The summed E-state index contributed by atoms with van der Waals surface area (Å²) < 4.78 is 15.9. The topological polar surface area (TPSA) is 72.2 Å². The van der Waals surface area contributed by atoms with Crippen LogP contribution in [0.2, 0.25) is 5.02 Å². The lowest BCUT2D eigenvalue weighted by atomic mass is 9.95. The van der Waals surface area contributed by atoms with Crippen molar-refractivity contribution in [1.82, 2.24) is 24.9 Å². The average Bonchev–Trinajstić information content (AvgIpc) is 3.15. The lowest BCUT2D eigenvalue weighted by molar-refractivity contribution is -0.119. The lowest BCUT2D eigenvalue weighted by Gasteiger charge is -2.22. The minimum absolute atomic E-state index is 0.00602. The molecule has 1 aliphatic carbocycles. The number of fused-ring (bicyclic) bond motifs is 1. The number of amides is 1. The van der Waals surface area contributed by atoms with E-state index in [1.165, 1.54) is 37.1 Å². The standard InChI is InChI=1S/C22H25ClFN5OS/c1-13-16(11-17-18(23)9-6-10-19(17)24)14(2)29-21(25-13)27-22(28-29)31-12-20(30)26-15-7-4-3-5-8-15/h6,9-10,15H,3-5,7-8,11-12H2,1-2H3,(H,26,30). The van der Waals surface area contributed by atoms with E-state index in [1.54, 1.807) is 16.6 Å². The van der Waals surface area contributed by atoms with Gasteiger partial charge in [-0.05, 0) is 44.4 Å². The Labute approximate surface area is 190 Å². The Bertz CT molecular complexity index is 1090. The van der Waals surface area contributed by atoms with Crippen LogP contribution >= 0.6 is 23.4 Å². The zero-order chi connectivity index (χ0) is 22.0. The highest BCUT2D eigenvalue weighted by Crippen LogP contribution is 2.26. The van der Waals surface area contributed by atoms with Crippen LogP contribution in [0.1, 0.15) is 54.6 Å². The Morgan fingerprint density at radius 3 is 2.74 bits per heavy atom. The van der Waals surface area contributed by atoms with Crippen LogP contribution in [0, 0.1) is 19.7 Å². The number of carbonyl (C=O) groups is 1. The third-order valence-corrected chi connectivity index (χ3v) is 6.94. The van der Waals surface area contributed by atoms with Crippen molar-refractivity contribution in [3.8, 4) is 0 Å². The number of nitrogens with one attached hydrogen (secondary N) is 1. The summed E-state index contributed by atoms with van der Waals surface area (Å²) in [6.07, 6.45) is 6.04. The van der Waals surface area contributed by atoms with Gasteiger partial charge in [-0.1, -0.05) is 48.7 Å². The molecule has 2 aromatic heterocycles. The summed E-state index contributed by atoms with van der Waals surface area (Å²) in [5.74, 6) is 0.397. The molecular formula is C22H25ClFN5OS. The van der Waals surface area contributed by atoms with Gasteiger partial charge < -0.3 is 5.32 Å². The van der Waals surface area contributed by atoms with E-state index in [1.807, 2.05) is 13.8 Å². The maximum Gasteiger partial charge on any atom is 0.253 e. The smallest absolute Gasteiger partial charge is 0.253 e. The van der Waals surface area contributed by atoms with Gasteiger partial charge in [0, 0.05) is 34.4 Å². The van der Waals surface area contributed by atoms with Crippen molar-refractivity contribution in [2.75, 3.05) is 5.75 Å². The van der Waals surface area contributed by atoms with E-state index < -0.39 is 0 Å². The van der Waals surface area contributed by atoms with Crippen molar-refractivity contribution >= 4 is 35.0 Å². The van der Waals surface area contributed by atoms with E-state index in [2.05, 4.69) is 20.4 Å². The minimum Gasteiger partial charge on any atom is -0.353 e. The molecule has 9 heteroatoms. The van der Waals surface area contributed by atoms with E-state index in [0.29, 0.717) is 27.9 Å². The number of nitrogens with zero attached hydrogens (tertiary/aromatic N) is 4.